The van der Waals surface area contributed by atoms with Gasteiger partial charge in [0, 0.05) is 29.5 Å². The van der Waals surface area contributed by atoms with E-state index in [2.05, 4.69) is 16.0 Å². The van der Waals surface area contributed by atoms with Crippen molar-refractivity contribution in [2.45, 2.75) is 25.3 Å². The van der Waals surface area contributed by atoms with E-state index in [9.17, 15) is 18.0 Å². The Balaban J connectivity index is 1.40. The molecule has 4 rings (SSSR count). The minimum Gasteiger partial charge on any atom is -0.335 e. The van der Waals surface area contributed by atoms with Gasteiger partial charge < -0.3 is 16.0 Å². The molecule has 0 bridgehead atoms. The zero-order chi connectivity index (χ0) is 20.4. The molecular formula is C20H22N4O4S. The highest BCUT2D eigenvalue weighted by Gasteiger charge is 2.28. The normalized spacial score (nSPS) is 17.6. The van der Waals surface area contributed by atoms with Gasteiger partial charge in [-0.05, 0) is 61.7 Å². The van der Waals surface area contributed by atoms with Gasteiger partial charge in [0.05, 0.1) is 11.4 Å². The summed E-state index contributed by atoms with van der Waals surface area (Å²) in [4.78, 5) is 24.3. The molecule has 2 aromatic carbocycles. The molecule has 1 heterocycles. The third-order valence-electron chi connectivity index (χ3n) is 4.81. The van der Waals surface area contributed by atoms with Gasteiger partial charge >= 0.3 is 6.03 Å². The number of hydrogen-bond acceptors (Lipinski definition) is 4. The first-order valence-electron chi connectivity index (χ1n) is 9.50. The number of urea groups is 1. The third-order valence-corrected chi connectivity index (χ3v) is 6.68. The van der Waals surface area contributed by atoms with E-state index in [4.69, 9.17) is 0 Å². The zero-order valence-electron chi connectivity index (χ0n) is 15.7. The zero-order valence-corrected chi connectivity index (χ0v) is 16.5. The summed E-state index contributed by atoms with van der Waals surface area (Å²) in [6.45, 7) is 0.427. The van der Waals surface area contributed by atoms with Gasteiger partial charge in [0.25, 0.3) is 5.91 Å². The Morgan fingerprint density at radius 3 is 2.28 bits per heavy atom. The van der Waals surface area contributed by atoms with Crippen molar-refractivity contribution in [3.63, 3.8) is 0 Å². The van der Waals surface area contributed by atoms with E-state index < -0.39 is 10.0 Å². The van der Waals surface area contributed by atoms with Crippen molar-refractivity contribution in [1.82, 2.24) is 5.32 Å². The lowest BCUT2D eigenvalue weighted by atomic mass is 10.1. The van der Waals surface area contributed by atoms with E-state index in [-0.39, 0.29) is 23.7 Å². The maximum Gasteiger partial charge on any atom is 0.319 e. The van der Waals surface area contributed by atoms with Crippen LogP contribution in [0.1, 0.15) is 29.6 Å². The Hall–Kier alpha value is -3.07. The lowest BCUT2D eigenvalue weighted by Gasteiger charge is -2.17. The molecule has 152 valence electrons. The summed E-state index contributed by atoms with van der Waals surface area (Å²) >= 11 is 0. The molecule has 2 aliphatic rings. The molecule has 0 aromatic heterocycles. The topological polar surface area (TPSA) is 108 Å². The van der Waals surface area contributed by atoms with E-state index >= 15 is 0 Å². The van der Waals surface area contributed by atoms with E-state index in [1.165, 1.54) is 4.31 Å². The van der Waals surface area contributed by atoms with Crippen LogP contribution in [0.5, 0.6) is 0 Å². The Morgan fingerprint density at radius 2 is 1.66 bits per heavy atom. The van der Waals surface area contributed by atoms with E-state index in [1.54, 1.807) is 48.5 Å². The molecule has 29 heavy (non-hydrogen) atoms. The second-order valence-corrected chi connectivity index (χ2v) is 9.21. The molecule has 1 aliphatic heterocycles. The molecule has 1 aliphatic carbocycles. The second kappa shape index (κ2) is 7.75. The van der Waals surface area contributed by atoms with Crippen LogP contribution < -0.4 is 20.3 Å². The first-order valence-corrected chi connectivity index (χ1v) is 11.1. The minimum absolute atomic E-state index is 0.127. The van der Waals surface area contributed by atoms with Crippen molar-refractivity contribution in [3.05, 3.63) is 54.1 Å². The van der Waals surface area contributed by atoms with Gasteiger partial charge in [0.1, 0.15) is 0 Å². The number of hydrogen-bond donors (Lipinski definition) is 3. The number of nitrogens with one attached hydrogen (secondary N) is 3. The van der Waals surface area contributed by atoms with Gasteiger partial charge in [-0.2, -0.15) is 0 Å². The molecule has 3 N–H and O–H groups in total. The number of carbonyl (C=O) groups is 2. The summed E-state index contributed by atoms with van der Waals surface area (Å²) in [6.07, 6.45) is 2.62. The van der Waals surface area contributed by atoms with Gasteiger partial charge in [-0.1, -0.05) is 6.07 Å². The van der Waals surface area contributed by atoms with Gasteiger partial charge in [-0.3, -0.25) is 9.10 Å². The molecule has 8 nitrogen and oxygen atoms in total. The highest BCUT2D eigenvalue weighted by molar-refractivity contribution is 7.93. The Bertz CT molecular complexity index is 1030. The summed E-state index contributed by atoms with van der Waals surface area (Å²) in [7, 11) is -3.30. The molecule has 2 aromatic rings. The van der Waals surface area contributed by atoms with Crippen LogP contribution in [0.4, 0.5) is 21.9 Å². The number of sulfonamides is 1. The van der Waals surface area contributed by atoms with Gasteiger partial charge in [-0.25, -0.2) is 13.2 Å². The molecule has 0 spiro atoms. The molecule has 1 saturated heterocycles. The molecule has 9 heteroatoms. The highest BCUT2D eigenvalue weighted by atomic mass is 32.2. The molecule has 3 amide bonds. The third kappa shape index (κ3) is 4.68. The Morgan fingerprint density at radius 1 is 0.966 bits per heavy atom. The van der Waals surface area contributed by atoms with Crippen molar-refractivity contribution in [1.29, 1.82) is 0 Å². The Labute approximate surface area is 169 Å². The predicted octanol–water partition coefficient (Wildman–Crippen LogP) is 2.76. The van der Waals surface area contributed by atoms with E-state index in [1.807, 2.05) is 0 Å². The van der Waals surface area contributed by atoms with Gasteiger partial charge in [0.2, 0.25) is 10.0 Å². The SMILES string of the molecule is O=C(Nc1ccc(NC(=O)c2cccc(N3CCCS3(=O)=O)c2)cc1)NC1CC1. The fourth-order valence-corrected chi connectivity index (χ4v) is 4.71. The first kappa shape index (κ1) is 19.3. The number of rotatable bonds is 5. The lowest BCUT2D eigenvalue weighted by Crippen LogP contribution is -2.30. The first-order chi connectivity index (χ1) is 13.9. The predicted molar refractivity (Wildman–Crippen MR) is 112 cm³/mol. The summed E-state index contributed by atoms with van der Waals surface area (Å²) in [6, 6.07) is 13.4. The van der Waals surface area contributed by atoms with Gasteiger partial charge in [0.15, 0.2) is 0 Å². The molecular weight excluding hydrogens is 392 g/mol. The van der Waals surface area contributed by atoms with Crippen molar-refractivity contribution in [2.75, 3.05) is 27.2 Å². The monoisotopic (exact) mass is 414 g/mol. The summed E-state index contributed by atoms with van der Waals surface area (Å²) in [5.41, 5.74) is 2.07. The van der Waals surface area contributed by atoms with Crippen LogP contribution in [-0.2, 0) is 10.0 Å². The fourth-order valence-electron chi connectivity index (χ4n) is 3.15. The van der Waals surface area contributed by atoms with Gasteiger partial charge in [-0.15, -0.1) is 0 Å². The van der Waals surface area contributed by atoms with E-state index in [0.29, 0.717) is 35.6 Å². The number of anilines is 3. The largest absolute Gasteiger partial charge is 0.335 e. The highest BCUT2D eigenvalue weighted by Crippen LogP contribution is 2.25. The van der Waals surface area contributed by atoms with Crippen LogP contribution in [0.3, 0.4) is 0 Å². The van der Waals surface area contributed by atoms with Crippen molar-refractivity contribution < 1.29 is 18.0 Å². The van der Waals surface area contributed by atoms with Crippen molar-refractivity contribution in [2.24, 2.45) is 0 Å². The number of carbonyl (C=O) groups excluding carboxylic acids is 2. The lowest BCUT2D eigenvalue weighted by molar-refractivity contribution is 0.102. The molecule has 2 fully saturated rings. The smallest absolute Gasteiger partial charge is 0.319 e. The number of benzene rings is 2. The van der Waals surface area contributed by atoms with E-state index in [0.717, 1.165) is 12.8 Å². The van der Waals surface area contributed by atoms with Crippen LogP contribution in [0.15, 0.2) is 48.5 Å². The average Bonchev–Trinajstić information content (AvgIpc) is 3.43. The molecule has 0 radical (unpaired) electrons. The van der Waals surface area contributed by atoms with Crippen LogP contribution in [-0.4, -0.2) is 38.7 Å². The quantitative estimate of drug-likeness (QED) is 0.699. The molecule has 0 unspecified atom stereocenters. The maximum absolute atomic E-state index is 12.6. The number of amides is 3. The summed E-state index contributed by atoms with van der Waals surface area (Å²) < 4.78 is 25.5. The second-order valence-electron chi connectivity index (χ2n) is 7.20. The molecule has 0 atom stereocenters. The van der Waals surface area contributed by atoms with Crippen LogP contribution in [0, 0.1) is 0 Å². The fraction of sp³-hybridized carbons (Fsp3) is 0.300. The van der Waals surface area contributed by atoms with Crippen molar-refractivity contribution in [3.8, 4) is 0 Å². The molecule has 1 saturated carbocycles. The summed E-state index contributed by atoms with van der Waals surface area (Å²) in [5.74, 6) is -0.210. The summed E-state index contributed by atoms with van der Waals surface area (Å²) in [5, 5.41) is 8.37. The van der Waals surface area contributed by atoms with Crippen LogP contribution in [0.2, 0.25) is 0 Å². The van der Waals surface area contributed by atoms with Crippen molar-refractivity contribution >= 4 is 39.0 Å². The number of nitrogens with zero attached hydrogens (tertiary/aromatic N) is 1. The van der Waals surface area contributed by atoms with Crippen LogP contribution >= 0.6 is 0 Å². The average molecular weight is 414 g/mol. The Kier molecular flexibility index (Phi) is 5.14. The van der Waals surface area contributed by atoms with Crippen LogP contribution in [0.25, 0.3) is 0 Å². The standard InChI is InChI=1S/C20H22N4O4S/c25-19(14-3-1-4-18(13-14)24-11-2-12-29(24,27)28)21-15-5-7-16(8-6-15)22-20(26)23-17-9-10-17/h1,3-8,13,17H,2,9-12H2,(H,21,25)(H2,22,23,26). The minimum atomic E-state index is -3.30. The maximum atomic E-state index is 12.6.